The van der Waals surface area contributed by atoms with Gasteiger partial charge in [0.05, 0.1) is 11.0 Å². The summed E-state index contributed by atoms with van der Waals surface area (Å²) in [7, 11) is 0. The normalized spacial score (nSPS) is 11.6. The predicted molar refractivity (Wildman–Crippen MR) is 231 cm³/mol. The molecule has 0 saturated carbocycles. The van der Waals surface area contributed by atoms with Crippen molar-refractivity contribution in [3.05, 3.63) is 206 Å². The van der Waals surface area contributed by atoms with Crippen molar-refractivity contribution in [3.63, 3.8) is 0 Å². The second kappa shape index (κ2) is 12.6. The molecule has 0 radical (unpaired) electrons. The van der Waals surface area contributed by atoms with Crippen molar-refractivity contribution in [2.45, 2.75) is 0 Å². The van der Waals surface area contributed by atoms with Gasteiger partial charge in [0.2, 0.25) is 0 Å². The van der Waals surface area contributed by atoms with Gasteiger partial charge in [-0.25, -0.2) is 0 Å². The van der Waals surface area contributed by atoms with Crippen LogP contribution in [0, 0.1) is 0 Å². The van der Waals surface area contributed by atoms with Gasteiger partial charge < -0.3 is 13.9 Å². The van der Waals surface area contributed by atoms with E-state index in [1.165, 1.54) is 43.7 Å². The van der Waals surface area contributed by atoms with Gasteiger partial charge in [-0.15, -0.1) is 0 Å². The van der Waals surface area contributed by atoms with Crippen molar-refractivity contribution in [1.82, 2.24) is 4.57 Å². The summed E-state index contributed by atoms with van der Waals surface area (Å²) in [5.74, 6) is 0. The number of nitrogens with zero attached hydrogens (tertiary/aromatic N) is 2. The highest BCUT2D eigenvalue weighted by Crippen LogP contribution is 2.41. The van der Waals surface area contributed by atoms with Crippen LogP contribution in [-0.2, 0) is 0 Å². The van der Waals surface area contributed by atoms with Crippen LogP contribution in [0.5, 0.6) is 0 Å². The molecule has 11 aromatic rings. The smallest absolute Gasteiger partial charge is 0.143 e. The zero-order valence-electron chi connectivity index (χ0n) is 29.9. The maximum atomic E-state index is 6.41. The molecule has 0 fully saturated rings. The Bertz CT molecular complexity index is 3170. The fraction of sp³-hybridized carbons (Fsp3) is 0. The van der Waals surface area contributed by atoms with Crippen LogP contribution in [0.15, 0.2) is 211 Å². The summed E-state index contributed by atoms with van der Waals surface area (Å²) in [5, 5.41) is 7.27. The highest BCUT2D eigenvalue weighted by Gasteiger charge is 2.18. The van der Waals surface area contributed by atoms with E-state index in [4.69, 9.17) is 4.42 Å². The maximum Gasteiger partial charge on any atom is 0.143 e. The minimum absolute atomic E-state index is 0.907. The van der Waals surface area contributed by atoms with Gasteiger partial charge in [-0.05, 0) is 82.7 Å². The van der Waals surface area contributed by atoms with Crippen molar-refractivity contribution >= 4 is 71.6 Å². The SMILES string of the molecule is c1ccc(-c2ccc(N(c3ccc(-c4cccc5c4oc4ccccc45)cc3)c3ccc(-n4c5ccccc5c5ccc6ccccc6c54)cc3)cc2)cc1. The van der Waals surface area contributed by atoms with Crippen molar-refractivity contribution < 1.29 is 4.42 Å². The Hall–Kier alpha value is -7.36. The first-order chi connectivity index (χ1) is 27.3. The summed E-state index contributed by atoms with van der Waals surface area (Å²) in [5.41, 5.74) is 13.2. The van der Waals surface area contributed by atoms with Crippen LogP contribution in [0.2, 0.25) is 0 Å². The molecule has 0 aliphatic rings. The van der Waals surface area contributed by atoms with Crippen LogP contribution in [0.25, 0.3) is 82.5 Å². The molecule has 0 saturated heterocycles. The Morgan fingerprint density at radius 3 is 1.71 bits per heavy atom. The third-order valence-corrected chi connectivity index (χ3v) is 11.0. The Morgan fingerprint density at radius 2 is 0.945 bits per heavy atom. The Morgan fingerprint density at radius 1 is 0.364 bits per heavy atom. The third-order valence-electron chi connectivity index (χ3n) is 11.0. The number of para-hydroxylation sites is 3. The summed E-state index contributed by atoms with van der Waals surface area (Å²) < 4.78 is 8.83. The lowest BCUT2D eigenvalue weighted by Gasteiger charge is -2.26. The Balaban J connectivity index is 1.03. The average molecular weight is 703 g/mol. The van der Waals surface area contributed by atoms with Crippen LogP contribution in [-0.4, -0.2) is 4.57 Å². The van der Waals surface area contributed by atoms with Crippen molar-refractivity contribution in [3.8, 4) is 27.9 Å². The lowest BCUT2D eigenvalue weighted by Crippen LogP contribution is -2.10. The van der Waals surface area contributed by atoms with Crippen LogP contribution >= 0.6 is 0 Å². The Kier molecular flexibility index (Phi) is 7.17. The van der Waals surface area contributed by atoms with Gasteiger partial charge in [0.15, 0.2) is 0 Å². The molecule has 0 unspecified atom stereocenters. The number of anilines is 3. The van der Waals surface area contributed by atoms with E-state index >= 15 is 0 Å². The van der Waals surface area contributed by atoms with E-state index in [-0.39, 0.29) is 0 Å². The average Bonchev–Trinajstić information content (AvgIpc) is 3.81. The minimum Gasteiger partial charge on any atom is -0.455 e. The fourth-order valence-electron chi connectivity index (χ4n) is 8.39. The Labute approximate surface area is 318 Å². The molecule has 0 atom stereocenters. The van der Waals surface area contributed by atoms with E-state index in [9.17, 15) is 0 Å². The first kappa shape index (κ1) is 31.2. The molecule has 0 aliphatic heterocycles. The number of rotatable bonds is 6. The molecule has 11 rings (SSSR count). The number of furan rings is 1. The van der Waals surface area contributed by atoms with Crippen molar-refractivity contribution in [2.75, 3.05) is 4.90 Å². The molecule has 55 heavy (non-hydrogen) atoms. The molecule has 258 valence electrons. The number of benzene rings is 9. The maximum absolute atomic E-state index is 6.41. The van der Waals surface area contributed by atoms with E-state index in [1.54, 1.807) is 0 Å². The molecule has 2 aromatic heterocycles. The molecule has 3 heteroatoms. The van der Waals surface area contributed by atoms with Crippen molar-refractivity contribution in [1.29, 1.82) is 0 Å². The van der Waals surface area contributed by atoms with Gasteiger partial charge >= 0.3 is 0 Å². The number of fused-ring (bicyclic) bond motifs is 8. The molecule has 0 aliphatic carbocycles. The lowest BCUT2D eigenvalue weighted by atomic mass is 10.0. The highest BCUT2D eigenvalue weighted by molar-refractivity contribution is 6.18. The van der Waals surface area contributed by atoms with Crippen LogP contribution in [0.3, 0.4) is 0 Å². The van der Waals surface area contributed by atoms with Crippen LogP contribution in [0.1, 0.15) is 0 Å². The van der Waals surface area contributed by atoms with E-state index in [1.807, 2.05) is 12.1 Å². The number of hydrogen-bond acceptors (Lipinski definition) is 2. The zero-order valence-corrected chi connectivity index (χ0v) is 29.9. The highest BCUT2D eigenvalue weighted by atomic mass is 16.3. The van der Waals surface area contributed by atoms with Gasteiger partial charge in [0.1, 0.15) is 11.2 Å². The van der Waals surface area contributed by atoms with Gasteiger partial charge in [-0.1, -0.05) is 146 Å². The molecule has 0 N–H and O–H groups in total. The summed E-state index contributed by atoms with van der Waals surface area (Å²) in [4.78, 5) is 2.34. The van der Waals surface area contributed by atoms with Gasteiger partial charge in [-0.3, -0.25) is 0 Å². The molecule has 9 aromatic carbocycles. The summed E-state index contributed by atoms with van der Waals surface area (Å²) >= 11 is 0. The lowest BCUT2D eigenvalue weighted by molar-refractivity contribution is 0.670. The second-order valence-electron chi connectivity index (χ2n) is 14.1. The van der Waals surface area contributed by atoms with E-state index in [0.717, 1.165) is 55.8 Å². The summed E-state index contributed by atoms with van der Waals surface area (Å²) in [6.07, 6.45) is 0. The molecule has 3 nitrogen and oxygen atoms in total. The van der Waals surface area contributed by atoms with E-state index in [0.29, 0.717) is 0 Å². The van der Waals surface area contributed by atoms with Crippen LogP contribution in [0.4, 0.5) is 17.1 Å². The first-order valence-corrected chi connectivity index (χ1v) is 18.8. The predicted octanol–water partition coefficient (Wildman–Crippen LogP) is 14.6. The van der Waals surface area contributed by atoms with Gasteiger partial charge in [0.25, 0.3) is 0 Å². The number of aromatic nitrogens is 1. The third kappa shape index (κ3) is 5.13. The van der Waals surface area contributed by atoms with E-state index < -0.39 is 0 Å². The molecule has 0 bridgehead atoms. The fourth-order valence-corrected chi connectivity index (χ4v) is 8.39. The number of hydrogen-bond donors (Lipinski definition) is 0. The molecule has 0 amide bonds. The zero-order chi connectivity index (χ0) is 36.3. The molecule has 2 heterocycles. The monoisotopic (exact) mass is 702 g/mol. The minimum atomic E-state index is 0.907. The first-order valence-electron chi connectivity index (χ1n) is 18.8. The van der Waals surface area contributed by atoms with Gasteiger partial charge in [-0.2, -0.15) is 0 Å². The quantitative estimate of drug-likeness (QED) is 0.172. The van der Waals surface area contributed by atoms with Gasteiger partial charge in [0, 0.05) is 55.2 Å². The van der Waals surface area contributed by atoms with E-state index in [2.05, 4.69) is 204 Å². The molecule has 0 spiro atoms. The summed E-state index contributed by atoms with van der Waals surface area (Å²) in [6, 6.07) is 73.9. The largest absolute Gasteiger partial charge is 0.455 e. The second-order valence-corrected chi connectivity index (χ2v) is 14.1. The molecular formula is C52H34N2O. The summed E-state index contributed by atoms with van der Waals surface area (Å²) in [6.45, 7) is 0. The van der Waals surface area contributed by atoms with Crippen molar-refractivity contribution in [2.24, 2.45) is 0 Å². The standard InChI is InChI=1S/C52H34N2O/c1-2-11-35(12-3-1)36-21-26-39(27-22-36)53(40-28-23-38(24-29-40)44-17-10-18-48-46-16-7-9-20-50(46)55-52(44)48)41-30-32-42(33-31-41)54-49-19-8-6-15-45(49)47-34-25-37-13-4-5-14-43(37)51(47)54/h1-34H. The molecular weight excluding hydrogens is 669 g/mol. The topological polar surface area (TPSA) is 21.3 Å². The van der Waals surface area contributed by atoms with Crippen LogP contribution < -0.4 is 4.90 Å².